The molecule has 0 radical (unpaired) electrons. The van der Waals surface area contributed by atoms with Crippen molar-refractivity contribution in [1.82, 2.24) is 0 Å². The van der Waals surface area contributed by atoms with Crippen molar-refractivity contribution in [2.24, 2.45) is 0 Å². The summed E-state index contributed by atoms with van der Waals surface area (Å²) >= 11 is 0. The van der Waals surface area contributed by atoms with Crippen molar-refractivity contribution >= 4 is 5.78 Å². The third-order valence-corrected chi connectivity index (χ3v) is 3.20. The molecule has 0 aliphatic rings. The number of hydrogen-bond acceptors (Lipinski definition) is 2. The maximum absolute atomic E-state index is 12.3. The fraction of sp³-hybridized carbons (Fsp3) is 0.235. The summed E-state index contributed by atoms with van der Waals surface area (Å²) in [6.07, 6.45) is -1.09. The van der Waals surface area contributed by atoms with Gasteiger partial charge in [0.1, 0.15) is 6.10 Å². The lowest BCUT2D eigenvalue weighted by molar-refractivity contribution is 0.0747. The molecular formula is C17H18O2. The topological polar surface area (TPSA) is 37.3 Å². The molecule has 1 atom stereocenters. The third-order valence-electron chi connectivity index (χ3n) is 3.20. The molecule has 0 heterocycles. The van der Waals surface area contributed by atoms with E-state index in [0.29, 0.717) is 17.0 Å². The second-order valence-electron chi connectivity index (χ2n) is 4.96. The second-order valence-corrected chi connectivity index (χ2v) is 4.96. The molecule has 19 heavy (non-hydrogen) atoms. The van der Waals surface area contributed by atoms with Gasteiger partial charge in [0.25, 0.3) is 0 Å². The predicted octanol–water partition coefficient (Wildman–Crippen LogP) is 3.73. The molecule has 0 saturated carbocycles. The number of rotatable bonds is 4. The molecule has 0 spiro atoms. The van der Waals surface area contributed by atoms with Crippen LogP contribution in [0.25, 0.3) is 0 Å². The van der Waals surface area contributed by atoms with Gasteiger partial charge in [-0.1, -0.05) is 62.4 Å². The molecule has 1 unspecified atom stereocenters. The number of carbonyl (C=O) groups excluding carboxylic acids is 1. The molecule has 0 aliphatic heterocycles. The van der Waals surface area contributed by atoms with Gasteiger partial charge >= 0.3 is 0 Å². The van der Waals surface area contributed by atoms with E-state index in [0.717, 1.165) is 5.56 Å². The lowest BCUT2D eigenvalue weighted by Crippen LogP contribution is -2.12. The molecular weight excluding hydrogens is 236 g/mol. The summed E-state index contributed by atoms with van der Waals surface area (Å²) in [6, 6.07) is 16.5. The minimum atomic E-state index is -1.09. The molecule has 2 nitrogen and oxygen atoms in total. The number of benzene rings is 2. The van der Waals surface area contributed by atoms with Crippen molar-refractivity contribution in [2.45, 2.75) is 25.9 Å². The Labute approximate surface area is 113 Å². The van der Waals surface area contributed by atoms with Gasteiger partial charge in [-0.2, -0.15) is 0 Å². The highest BCUT2D eigenvalue weighted by Crippen LogP contribution is 2.21. The summed E-state index contributed by atoms with van der Waals surface area (Å²) < 4.78 is 0. The Morgan fingerprint density at radius 3 is 2.21 bits per heavy atom. The Hall–Kier alpha value is -1.93. The van der Waals surface area contributed by atoms with E-state index in [1.165, 1.54) is 0 Å². The standard InChI is InChI=1S/C17H18O2/c1-12(2)14-9-6-10-15(11-14)17(19)16(18)13-7-4-3-5-8-13/h3-12,16,18H,1-2H3. The first-order valence-electron chi connectivity index (χ1n) is 6.47. The van der Waals surface area contributed by atoms with Crippen molar-refractivity contribution in [3.05, 3.63) is 71.3 Å². The Kier molecular flexibility index (Phi) is 4.13. The van der Waals surface area contributed by atoms with Gasteiger partial charge in [-0.3, -0.25) is 4.79 Å². The van der Waals surface area contributed by atoms with Crippen LogP contribution in [0.5, 0.6) is 0 Å². The normalized spacial score (nSPS) is 12.4. The lowest BCUT2D eigenvalue weighted by atomic mass is 9.95. The minimum Gasteiger partial charge on any atom is -0.380 e. The first-order valence-corrected chi connectivity index (χ1v) is 6.47. The summed E-state index contributed by atoms with van der Waals surface area (Å²) in [5.74, 6) is 0.107. The summed E-state index contributed by atoms with van der Waals surface area (Å²) in [5.41, 5.74) is 2.29. The fourth-order valence-electron chi connectivity index (χ4n) is 2.00. The van der Waals surface area contributed by atoms with Gasteiger partial charge in [0, 0.05) is 5.56 Å². The molecule has 2 aromatic carbocycles. The second kappa shape index (κ2) is 5.81. The molecule has 2 heteroatoms. The van der Waals surface area contributed by atoms with E-state index in [2.05, 4.69) is 13.8 Å². The molecule has 0 aromatic heterocycles. The van der Waals surface area contributed by atoms with Crippen LogP contribution in [0.2, 0.25) is 0 Å². The molecule has 0 saturated heterocycles. The number of ketones is 1. The number of aliphatic hydroxyl groups excluding tert-OH is 1. The summed E-state index contributed by atoms with van der Waals surface area (Å²) in [5, 5.41) is 10.1. The van der Waals surface area contributed by atoms with Crippen LogP contribution in [-0.4, -0.2) is 10.9 Å². The molecule has 2 rings (SSSR count). The average molecular weight is 254 g/mol. The summed E-state index contributed by atoms with van der Waals surface area (Å²) in [4.78, 5) is 12.3. The van der Waals surface area contributed by atoms with Crippen LogP contribution in [-0.2, 0) is 0 Å². The maximum atomic E-state index is 12.3. The first kappa shape index (κ1) is 13.5. The number of Topliss-reactive ketones (excluding diaryl/α,β-unsaturated/α-hetero) is 1. The van der Waals surface area contributed by atoms with Gasteiger partial charge in [-0.25, -0.2) is 0 Å². The minimum absolute atomic E-state index is 0.256. The summed E-state index contributed by atoms with van der Waals surface area (Å²) in [7, 11) is 0. The van der Waals surface area contributed by atoms with E-state index in [9.17, 15) is 9.90 Å². The SMILES string of the molecule is CC(C)c1cccc(C(=O)C(O)c2ccccc2)c1. The van der Waals surface area contributed by atoms with Crippen molar-refractivity contribution in [3.8, 4) is 0 Å². The van der Waals surface area contributed by atoms with Crippen LogP contribution in [0.4, 0.5) is 0 Å². The van der Waals surface area contributed by atoms with E-state index in [-0.39, 0.29) is 5.78 Å². The van der Waals surface area contributed by atoms with Crippen molar-refractivity contribution in [2.75, 3.05) is 0 Å². The molecule has 1 N–H and O–H groups in total. The Bertz CT molecular complexity index is 558. The van der Waals surface area contributed by atoms with Gasteiger partial charge in [0.05, 0.1) is 0 Å². The van der Waals surface area contributed by atoms with Crippen molar-refractivity contribution < 1.29 is 9.90 Å². The van der Waals surface area contributed by atoms with Gasteiger partial charge in [0.15, 0.2) is 5.78 Å². The highest BCUT2D eigenvalue weighted by atomic mass is 16.3. The molecule has 2 aromatic rings. The molecule has 0 fully saturated rings. The smallest absolute Gasteiger partial charge is 0.195 e. The molecule has 0 bridgehead atoms. The van der Waals surface area contributed by atoms with E-state index in [1.54, 1.807) is 18.2 Å². The van der Waals surface area contributed by atoms with Gasteiger partial charge < -0.3 is 5.11 Å². The van der Waals surface area contributed by atoms with Crippen LogP contribution in [0, 0.1) is 0 Å². The molecule has 0 amide bonds. The third kappa shape index (κ3) is 3.09. The van der Waals surface area contributed by atoms with Crippen molar-refractivity contribution in [1.29, 1.82) is 0 Å². The number of hydrogen-bond donors (Lipinski definition) is 1. The van der Waals surface area contributed by atoms with Crippen LogP contribution in [0.1, 0.15) is 47.4 Å². The Morgan fingerprint density at radius 1 is 0.947 bits per heavy atom. The van der Waals surface area contributed by atoms with Crippen LogP contribution in [0.3, 0.4) is 0 Å². The molecule has 0 aliphatic carbocycles. The molecule has 98 valence electrons. The first-order chi connectivity index (χ1) is 9.09. The zero-order chi connectivity index (χ0) is 13.8. The zero-order valence-electron chi connectivity index (χ0n) is 11.2. The van der Waals surface area contributed by atoms with Crippen molar-refractivity contribution in [3.63, 3.8) is 0 Å². The lowest BCUT2D eigenvalue weighted by Gasteiger charge is -2.12. The highest BCUT2D eigenvalue weighted by Gasteiger charge is 2.19. The van der Waals surface area contributed by atoms with E-state index >= 15 is 0 Å². The largest absolute Gasteiger partial charge is 0.380 e. The number of carbonyl (C=O) groups is 1. The number of aliphatic hydroxyl groups is 1. The van der Waals surface area contributed by atoms with E-state index in [1.807, 2.05) is 36.4 Å². The average Bonchev–Trinajstić information content (AvgIpc) is 2.46. The Balaban J connectivity index is 2.27. The predicted molar refractivity (Wildman–Crippen MR) is 76.3 cm³/mol. The highest BCUT2D eigenvalue weighted by molar-refractivity contribution is 6.00. The quantitative estimate of drug-likeness (QED) is 0.844. The summed E-state index contributed by atoms with van der Waals surface area (Å²) in [6.45, 7) is 4.16. The fourth-order valence-corrected chi connectivity index (χ4v) is 2.00. The Morgan fingerprint density at radius 2 is 1.58 bits per heavy atom. The zero-order valence-corrected chi connectivity index (χ0v) is 11.2. The van der Waals surface area contributed by atoms with Crippen LogP contribution >= 0.6 is 0 Å². The maximum Gasteiger partial charge on any atom is 0.195 e. The van der Waals surface area contributed by atoms with Gasteiger partial charge in [0.2, 0.25) is 0 Å². The van der Waals surface area contributed by atoms with Crippen LogP contribution < -0.4 is 0 Å². The van der Waals surface area contributed by atoms with Crippen LogP contribution in [0.15, 0.2) is 54.6 Å². The monoisotopic (exact) mass is 254 g/mol. The van der Waals surface area contributed by atoms with E-state index in [4.69, 9.17) is 0 Å². The van der Waals surface area contributed by atoms with E-state index < -0.39 is 6.10 Å². The van der Waals surface area contributed by atoms with Gasteiger partial charge in [-0.15, -0.1) is 0 Å². The van der Waals surface area contributed by atoms with Gasteiger partial charge in [-0.05, 0) is 23.1 Å².